The normalized spacial score (nSPS) is 15.5. The molecule has 0 radical (unpaired) electrons. The maximum atomic E-state index is 13.2. The topological polar surface area (TPSA) is 63.9 Å². The van der Waals surface area contributed by atoms with Crippen LogP contribution in [0.25, 0.3) is 21.8 Å². The van der Waals surface area contributed by atoms with Gasteiger partial charge in [-0.05, 0) is 60.4 Å². The standard InChI is InChI=1S/C21H18N4O/c26-21(19-11-15-13-6-9-22-16(13)1-2-18(15)24-19)25-10-7-14-12-5-8-23-17(12)3-4-20(14)25/h1-5,8,11,22-24H,6-7,9-10H2. The van der Waals surface area contributed by atoms with E-state index in [-0.39, 0.29) is 5.91 Å². The Hall–Kier alpha value is -3.21. The minimum Gasteiger partial charge on any atom is -0.384 e. The summed E-state index contributed by atoms with van der Waals surface area (Å²) < 4.78 is 0. The highest BCUT2D eigenvalue weighted by atomic mass is 16.2. The quantitative estimate of drug-likeness (QED) is 0.492. The van der Waals surface area contributed by atoms with Crippen molar-refractivity contribution in [1.82, 2.24) is 9.97 Å². The third-order valence-corrected chi connectivity index (χ3v) is 5.78. The lowest BCUT2D eigenvalue weighted by molar-refractivity contribution is 0.0985. The highest BCUT2D eigenvalue weighted by Crippen LogP contribution is 2.36. The van der Waals surface area contributed by atoms with Gasteiger partial charge < -0.3 is 20.2 Å². The zero-order valence-electron chi connectivity index (χ0n) is 14.2. The number of carbonyl (C=O) groups excluding carboxylic acids is 1. The van der Waals surface area contributed by atoms with Gasteiger partial charge >= 0.3 is 0 Å². The second-order valence-corrected chi connectivity index (χ2v) is 7.12. The molecule has 3 N–H and O–H groups in total. The molecule has 0 saturated carbocycles. The summed E-state index contributed by atoms with van der Waals surface area (Å²) in [7, 11) is 0. The van der Waals surface area contributed by atoms with Crippen LogP contribution in [0.3, 0.4) is 0 Å². The van der Waals surface area contributed by atoms with Crippen LogP contribution in [0.15, 0.2) is 42.6 Å². The molecular weight excluding hydrogens is 324 g/mol. The van der Waals surface area contributed by atoms with Crippen LogP contribution in [-0.2, 0) is 12.8 Å². The van der Waals surface area contributed by atoms with Gasteiger partial charge in [0.25, 0.3) is 5.91 Å². The van der Waals surface area contributed by atoms with Gasteiger partial charge in [0.1, 0.15) is 5.69 Å². The number of hydrogen-bond acceptors (Lipinski definition) is 2. The van der Waals surface area contributed by atoms with Gasteiger partial charge in [0.15, 0.2) is 0 Å². The smallest absolute Gasteiger partial charge is 0.274 e. The van der Waals surface area contributed by atoms with Crippen molar-refractivity contribution < 1.29 is 4.79 Å². The molecular formula is C21H18N4O. The predicted molar refractivity (Wildman–Crippen MR) is 104 cm³/mol. The molecule has 2 aromatic heterocycles. The molecule has 0 unspecified atom stereocenters. The molecule has 0 spiro atoms. The van der Waals surface area contributed by atoms with E-state index in [1.54, 1.807) is 0 Å². The average molecular weight is 342 g/mol. The molecule has 0 fully saturated rings. The molecule has 1 amide bonds. The lowest BCUT2D eigenvalue weighted by atomic mass is 10.1. The molecule has 4 aromatic rings. The maximum absolute atomic E-state index is 13.2. The van der Waals surface area contributed by atoms with Crippen molar-refractivity contribution >= 4 is 39.1 Å². The van der Waals surface area contributed by atoms with Gasteiger partial charge in [0.05, 0.1) is 0 Å². The number of hydrogen-bond donors (Lipinski definition) is 3. The molecule has 0 bridgehead atoms. The first kappa shape index (κ1) is 14.0. The highest BCUT2D eigenvalue weighted by Gasteiger charge is 2.28. The van der Waals surface area contributed by atoms with Crippen LogP contribution < -0.4 is 10.2 Å². The second kappa shape index (κ2) is 4.91. The molecule has 0 aliphatic carbocycles. The Morgan fingerprint density at radius 2 is 1.88 bits per heavy atom. The van der Waals surface area contributed by atoms with Gasteiger partial charge in [-0.3, -0.25) is 4.79 Å². The van der Waals surface area contributed by atoms with Crippen molar-refractivity contribution in [3.8, 4) is 0 Å². The first-order chi connectivity index (χ1) is 12.8. The van der Waals surface area contributed by atoms with Crippen LogP contribution in [0.1, 0.15) is 21.6 Å². The number of rotatable bonds is 1. The number of H-pyrrole nitrogens is 2. The van der Waals surface area contributed by atoms with Gasteiger partial charge in [0, 0.05) is 52.5 Å². The Balaban J connectivity index is 1.44. The molecule has 128 valence electrons. The number of aromatic nitrogens is 2. The number of carbonyl (C=O) groups is 1. The fourth-order valence-electron chi connectivity index (χ4n) is 4.54. The van der Waals surface area contributed by atoms with Crippen molar-refractivity contribution in [2.75, 3.05) is 23.3 Å². The van der Waals surface area contributed by atoms with Crippen molar-refractivity contribution in [2.45, 2.75) is 12.8 Å². The highest BCUT2D eigenvalue weighted by molar-refractivity contribution is 6.10. The average Bonchev–Trinajstić information content (AvgIpc) is 3.44. The van der Waals surface area contributed by atoms with Gasteiger partial charge in [-0.2, -0.15) is 0 Å². The summed E-state index contributed by atoms with van der Waals surface area (Å²) in [5.74, 6) is 0.0505. The van der Waals surface area contributed by atoms with E-state index in [2.05, 4.69) is 45.6 Å². The van der Waals surface area contributed by atoms with Gasteiger partial charge in [-0.15, -0.1) is 0 Å². The van der Waals surface area contributed by atoms with Crippen LogP contribution in [0.5, 0.6) is 0 Å². The van der Waals surface area contributed by atoms with E-state index in [1.807, 2.05) is 17.2 Å². The fraction of sp³-hybridized carbons (Fsp3) is 0.190. The molecule has 0 saturated heterocycles. The minimum absolute atomic E-state index is 0.0505. The largest absolute Gasteiger partial charge is 0.384 e. The van der Waals surface area contributed by atoms with E-state index in [4.69, 9.17) is 0 Å². The molecule has 6 rings (SSSR count). The van der Waals surface area contributed by atoms with Crippen LogP contribution >= 0.6 is 0 Å². The van der Waals surface area contributed by atoms with E-state index >= 15 is 0 Å². The van der Waals surface area contributed by atoms with Crippen molar-refractivity contribution in [3.05, 3.63) is 59.4 Å². The second-order valence-electron chi connectivity index (χ2n) is 7.12. The number of amides is 1. The van der Waals surface area contributed by atoms with Gasteiger partial charge in [-0.25, -0.2) is 0 Å². The third kappa shape index (κ3) is 1.77. The van der Waals surface area contributed by atoms with Gasteiger partial charge in [-0.1, -0.05) is 0 Å². The minimum atomic E-state index is 0.0505. The Labute approximate surface area is 150 Å². The molecule has 0 atom stereocenters. The first-order valence-electron chi connectivity index (χ1n) is 9.09. The summed E-state index contributed by atoms with van der Waals surface area (Å²) in [5, 5.41) is 5.79. The van der Waals surface area contributed by atoms with Crippen LogP contribution in [0.2, 0.25) is 0 Å². The fourth-order valence-corrected chi connectivity index (χ4v) is 4.54. The maximum Gasteiger partial charge on any atom is 0.274 e. The van der Waals surface area contributed by atoms with E-state index < -0.39 is 0 Å². The summed E-state index contributed by atoms with van der Waals surface area (Å²) in [6.07, 6.45) is 3.87. The molecule has 26 heavy (non-hydrogen) atoms. The predicted octanol–water partition coefficient (Wildman–Crippen LogP) is 3.82. The van der Waals surface area contributed by atoms with Crippen molar-refractivity contribution in [3.63, 3.8) is 0 Å². The lowest BCUT2D eigenvalue weighted by Crippen LogP contribution is -2.29. The first-order valence-corrected chi connectivity index (χ1v) is 9.09. The van der Waals surface area contributed by atoms with Crippen molar-refractivity contribution in [1.29, 1.82) is 0 Å². The zero-order chi connectivity index (χ0) is 17.3. The molecule has 2 aromatic carbocycles. The van der Waals surface area contributed by atoms with Crippen LogP contribution in [0, 0.1) is 0 Å². The van der Waals surface area contributed by atoms with Gasteiger partial charge in [0.2, 0.25) is 0 Å². The van der Waals surface area contributed by atoms with Crippen molar-refractivity contribution in [2.24, 2.45) is 0 Å². The number of benzene rings is 2. The number of anilines is 2. The number of aromatic amines is 2. The molecule has 4 heterocycles. The number of nitrogens with zero attached hydrogens (tertiary/aromatic N) is 1. The SMILES string of the molecule is O=C(c1cc2c3c(ccc2[nH]1)NCC3)N1CCc2c1ccc1[nH]ccc21. The summed E-state index contributed by atoms with van der Waals surface area (Å²) in [4.78, 5) is 21.7. The van der Waals surface area contributed by atoms with E-state index in [1.165, 1.54) is 22.2 Å². The lowest BCUT2D eigenvalue weighted by Gasteiger charge is -2.16. The third-order valence-electron chi connectivity index (χ3n) is 5.78. The Morgan fingerprint density at radius 3 is 2.85 bits per heavy atom. The number of nitrogens with one attached hydrogen (secondary N) is 3. The summed E-state index contributed by atoms with van der Waals surface area (Å²) in [6, 6.07) is 12.4. The Kier molecular flexibility index (Phi) is 2.65. The Morgan fingerprint density at radius 1 is 0.962 bits per heavy atom. The molecule has 5 heteroatoms. The zero-order valence-corrected chi connectivity index (χ0v) is 14.2. The Bertz CT molecular complexity index is 1200. The summed E-state index contributed by atoms with van der Waals surface area (Å²) in [6.45, 7) is 1.70. The molecule has 2 aliphatic rings. The van der Waals surface area contributed by atoms with Crippen LogP contribution in [0.4, 0.5) is 11.4 Å². The monoisotopic (exact) mass is 342 g/mol. The summed E-state index contributed by atoms with van der Waals surface area (Å²) in [5.41, 5.74) is 7.64. The summed E-state index contributed by atoms with van der Waals surface area (Å²) >= 11 is 0. The number of fused-ring (bicyclic) bond motifs is 6. The molecule has 5 nitrogen and oxygen atoms in total. The molecule has 2 aliphatic heterocycles. The van der Waals surface area contributed by atoms with E-state index in [0.717, 1.165) is 48.0 Å². The van der Waals surface area contributed by atoms with Crippen LogP contribution in [-0.4, -0.2) is 29.0 Å². The van der Waals surface area contributed by atoms with E-state index in [9.17, 15) is 4.79 Å². The van der Waals surface area contributed by atoms with E-state index in [0.29, 0.717) is 5.69 Å².